The topological polar surface area (TPSA) is 94.1 Å². The highest BCUT2D eigenvalue weighted by Crippen LogP contribution is 2.23. The van der Waals surface area contributed by atoms with Gasteiger partial charge in [0.1, 0.15) is 6.79 Å². The van der Waals surface area contributed by atoms with Crippen molar-refractivity contribution in [3.8, 4) is 0 Å². The quantitative estimate of drug-likeness (QED) is 0.270. The van der Waals surface area contributed by atoms with Gasteiger partial charge in [-0.15, -0.1) is 0 Å². The maximum atomic E-state index is 11.7. The van der Waals surface area contributed by atoms with Crippen molar-refractivity contribution in [2.24, 2.45) is 11.3 Å². The van der Waals surface area contributed by atoms with Crippen molar-refractivity contribution in [3.05, 3.63) is 0 Å². The summed E-state index contributed by atoms with van der Waals surface area (Å²) in [4.78, 5) is 23.2. The summed E-state index contributed by atoms with van der Waals surface area (Å²) in [5.41, 5.74) is -0.649. The minimum absolute atomic E-state index is 0.0491. The Kier molecular flexibility index (Phi) is 13.0. The molecular formula is C16H31NO6S. The smallest absolute Gasteiger partial charge is 0.313 e. The number of hydrogen-bond donors (Lipinski definition) is 2. The average molecular weight is 365 g/mol. The minimum Gasteiger partial charge on any atom is -0.469 e. The summed E-state index contributed by atoms with van der Waals surface area (Å²) >= 11 is 1.62. The molecule has 0 bridgehead atoms. The number of esters is 1. The lowest BCUT2D eigenvalue weighted by Gasteiger charge is -2.24. The van der Waals surface area contributed by atoms with E-state index in [0.29, 0.717) is 18.8 Å². The van der Waals surface area contributed by atoms with Crippen LogP contribution >= 0.6 is 11.8 Å². The van der Waals surface area contributed by atoms with Crippen molar-refractivity contribution in [1.82, 2.24) is 5.32 Å². The van der Waals surface area contributed by atoms with Gasteiger partial charge in [0.15, 0.2) is 0 Å². The second kappa shape index (κ2) is 13.5. The Morgan fingerprint density at radius 2 is 2.04 bits per heavy atom. The van der Waals surface area contributed by atoms with Crippen LogP contribution in [0, 0.1) is 11.3 Å². The fraction of sp³-hybridized carbons (Fsp3) is 0.875. The van der Waals surface area contributed by atoms with E-state index in [1.165, 1.54) is 7.11 Å². The summed E-state index contributed by atoms with van der Waals surface area (Å²) in [5, 5.41) is 11.3. The van der Waals surface area contributed by atoms with Crippen LogP contribution in [0.25, 0.3) is 0 Å². The van der Waals surface area contributed by atoms with E-state index in [-0.39, 0.29) is 44.3 Å². The summed E-state index contributed by atoms with van der Waals surface area (Å²) in [7, 11) is 1.37. The van der Waals surface area contributed by atoms with Gasteiger partial charge in [-0.1, -0.05) is 13.8 Å². The van der Waals surface area contributed by atoms with Gasteiger partial charge in [0.25, 0.3) is 0 Å². The summed E-state index contributed by atoms with van der Waals surface area (Å²) in [6.07, 6.45) is 0.631. The predicted molar refractivity (Wildman–Crippen MR) is 93.8 cm³/mol. The van der Waals surface area contributed by atoms with Gasteiger partial charge in [-0.05, 0) is 13.3 Å². The molecule has 0 heterocycles. The molecule has 0 spiro atoms. The Labute approximate surface area is 148 Å². The van der Waals surface area contributed by atoms with E-state index in [4.69, 9.17) is 19.3 Å². The fourth-order valence-corrected chi connectivity index (χ4v) is 2.65. The molecule has 0 aliphatic carbocycles. The predicted octanol–water partition coefficient (Wildman–Crippen LogP) is 1.04. The number of amides is 1. The first kappa shape index (κ1) is 23.2. The van der Waals surface area contributed by atoms with Crippen LogP contribution in [-0.2, 0) is 23.8 Å². The highest BCUT2D eigenvalue weighted by Gasteiger charge is 2.32. The van der Waals surface area contributed by atoms with E-state index >= 15 is 0 Å². The SMILES string of the molecule is CCC(C)(COCOCCSCC(C)C(=O)NCCO)C(=O)OC. The number of ether oxygens (including phenoxy) is 3. The molecule has 0 saturated carbocycles. The van der Waals surface area contributed by atoms with Crippen molar-refractivity contribution in [3.63, 3.8) is 0 Å². The molecule has 142 valence electrons. The molecule has 2 N–H and O–H groups in total. The van der Waals surface area contributed by atoms with Crippen LogP contribution in [0.2, 0.25) is 0 Å². The third kappa shape index (κ3) is 9.46. The standard InChI is InChI=1S/C16H31NO6S/c1-5-16(3,15(20)21-4)11-23-12-22-8-9-24-10-13(2)14(19)17-6-7-18/h13,18H,5-12H2,1-4H3,(H,17,19). The summed E-state index contributed by atoms with van der Waals surface area (Å²) in [5.74, 6) is 1.00. The number of rotatable bonds is 14. The summed E-state index contributed by atoms with van der Waals surface area (Å²) < 4.78 is 15.5. The van der Waals surface area contributed by atoms with Gasteiger partial charge in [-0.2, -0.15) is 11.8 Å². The molecule has 2 unspecified atom stereocenters. The normalized spacial score (nSPS) is 14.7. The third-order valence-corrected chi connectivity index (χ3v) is 4.84. The second-order valence-corrected chi connectivity index (χ2v) is 6.92. The molecule has 0 fully saturated rings. The second-order valence-electron chi connectivity index (χ2n) is 5.77. The highest BCUT2D eigenvalue weighted by molar-refractivity contribution is 7.99. The number of aliphatic hydroxyl groups is 1. The fourth-order valence-electron chi connectivity index (χ4n) is 1.74. The number of thioether (sulfide) groups is 1. The van der Waals surface area contributed by atoms with Crippen molar-refractivity contribution in [2.75, 3.05) is 51.8 Å². The molecule has 0 aromatic rings. The molecule has 8 heteroatoms. The third-order valence-electron chi connectivity index (χ3n) is 3.64. The molecule has 0 aliphatic rings. The van der Waals surface area contributed by atoms with Crippen molar-refractivity contribution >= 4 is 23.6 Å². The lowest BCUT2D eigenvalue weighted by atomic mass is 9.89. The van der Waals surface area contributed by atoms with E-state index in [1.807, 2.05) is 13.8 Å². The van der Waals surface area contributed by atoms with E-state index in [9.17, 15) is 9.59 Å². The molecular weight excluding hydrogens is 334 g/mol. The zero-order chi connectivity index (χ0) is 18.4. The van der Waals surface area contributed by atoms with Crippen LogP contribution in [0.4, 0.5) is 0 Å². The van der Waals surface area contributed by atoms with Gasteiger partial charge in [0.05, 0.1) is 32.3 Å². The molecule has 0 aromatic heterocycles. The van der Waals surface area contributed by atoms with Gasteiger partial charge in [0, 0.05) is 24.0 Å². The maximum absolute atomic E-state index is 11.7. The Hall–Kier alpha value is -0.830. The molecule has 1 amide bonds. The molecule has 0 aliphatic heterocycles. The Balaban J connectivity index is 3.67. The van der Waals surface area contributed by atoms with E-state index in [0.717, 1.165) is 5.75 Å². The van der Waals surface area contributed by atoms with E-state index < -0.39 is 5.41 Å². The number of carbonyl (C=O) groups excluding carboxylic acids is 2. The largest absolute Gasteiger partial charge is 0.469 e. The highest BCUT2D eigenvalue weighted by atomic mass is 32.2. The lowest BCUT2D eigenvalue weighted by Crippen LogP contribution is -2.33. The van der Waals surface area contributed by atoms with E-state index in [1.54, 1.807) is 18.7 Å². The number of aliphatic hydroxyl groups excluding tert-OH is 1. The van der Waals surface area contributed by atoms with Gasteiger partial charge in [-0.3, -0.25) is 9.59 Å². The van der Waals surface area contributed by atoms with Crippen LogP contribution in [0.15, 0.2) is 0 Å². The first-order valence-corrected chi connectivity index (χ1v) is 9.27. The molecule has 2 atom stereocenters. The molecule has 0 saturated heterocycles. The van der Waals surface area contributed by atoms with Gasteiger partial charge in [-0.25, -0.2) is 0 Å². The molecule has 24 heavy (non-hydrogen) atoms. The van der Waals surface area contributed by atoms with Gasteiger partial charge >= 0.3 is 5.97 Å². The zero-order valence-electron chi connectivity index (χ0n) is 15.1. The molecule has 0 radical (unpaired) electrons. The first-order chi connectivity index (χ1) is 11.4. The Morgan fingerprint density at radius 1 is 1.33 bits per heavy atom. The van der Waals surface area contributed by atoms with Crippen LogP contribution < -0.4 is 5.32 Å². The molecule has 0 aromatic carbocycles. The lowest BCUT2D eigenvalue weighted by molar-refractivity contribution is -0.159. The van der Waals surface area contributed by atoms with Crippen LogP contribution in [0.5, 0.6) is 0 Å². The Morgan fingerprint density at radius 3 is 2.62 bits per heavy atom. The van der Waals surface area contributed by atoms with Crippen molar-refractivity contribution in [2.45, 2.75) is 27.2 Å². The number of methoxy groups -OCH3 is 1. The van der Waals surface area contributed by atoms with Crippen LogP contribution in [0.3, 0.4) is 0 Å². The van der Waals surface area contributed by atoms with Crippen molar-refractivity contribution in [1.29, 1.82) is 0 Å². The Bertz CT molecular complexity index is 368. The van der Waals surface area contributed by atoms with Crippen molar-refractivity contribution < 1.29 is 28.9 Å². The average Bonchev–Trinajstić information content (AvgIpc) is 2.60. The molecule has 0 rings (SSSR count). The first-order valence-electron chi connectivity index (χ1n) is 8.11. The van der Waals surface area contributed by atoms with Crippen LogP contribution in [0.1, 0.15) is 27.2 Å². The minimum atomic E-state index is -0.649. The van der Waals surface area contributed by atoms with Gasteiger partial charge < -0.3 is 24.6 Å². The number of nitrogens with one attached hydrogen (secondary N) is 1. The maximum Gasteiger partial charge on any atom is 0.313 e. The van der Waals surface area contributed by atoms with E-state index in [2.05, 4.69) is 5.32 Å². The molecule has 7 nitrogen and oxygen atoms in total. The van der Waals surface area contributed by atoms with Crippen LogP contribution in [-0.4, -0.2) is 68.8 Å². The van der Waals surface area contributed by atoms with Gasteiger partial charge in [0.2, 0.25) is 5.91 Å². The number of hydrogen-bond acceptors (Lipinski definition) is 7. The zero-order valence-corrected chi connectivity index (χ0v) is 15.9. The summed E-state index contributed by atoms with van der Waals surface area (Å²) in [6.45, 7) is 6.69. The number of carbonyl (C=O) groups is 2. The monoisotopic (exact) mass is 365 g/mol. The summed E-state index contributed by atoms with van der Waals surface area (Å²) in [6, 6.07) is 0.